The average Bonchev–Trinajstić information content (AvgIpc) is 3.16. The predicted molar refractivity (Wildman–Crippen MR) is 112 cm³/mol. The van der Waals surface area contributed by atoms with Crippen LogP contribution in [-0.4, -0.2) is 67.6 Å². The SMILES string of the molecule is COc1ccc(-c2nc(CC(=O)N3CCN(CC(C)C)CC3)cs2)cc1OC. The number of rotatable bonds is 7. The smallest absolute Gasteiger partial charge is 0.228 e. The largest absolute Gasteiger partial charge is 0.493 e. The Labute approximate surface area is 171 Å². The molecule has 0 N–H and O–H groups in total. The summed E-state index contributed by atoms with van der Waals surface area (Å²) in [5.74, 6) is 2.18. The molecule has 0 radical (unpaired) electrons. The van der Waals surface area contributed by atoms with Crippen molar-refractivity contribution in [2.45, 2.75) is 20.3 Å². The third-order valence-corrected chi connectivity index (χ3v) is 5.80. The van der Waals surface area contributed by atoms with E-state index in [0.29, 0.717) is 23.8 Å². The molecular formula is C21H29N3O3S. The number of carbonyl (C=O) groups excluding carboxylic acids is 1. The maximum atomic E-state index is 12.7. The molecule has 1 fully saturated rings. The number of piperazine rings is 1. The van der Waals surface area contributed by atoms with Gasteiger partial charge in [-0.15, -0.1) is 11.3 Å². The summed E-state index contributed by atoms with van der Waals surface area (Å²) in [5, 5.41) is 2.85. The van der Waals surface area contributed by atoms with E-state index in [1.54, 1.807) is 25.6 Å². The van der Waals surface area contributed by atoms with Crippen LogP contribution in [0.25, 0.3) is 10.6 Å². The van der Waals surface area contributed by atoms with Crippen molar-refractivity contribution in [2.75, 3.05) is 46.9 Å². The minimum Gasteiger partial charge on any atom is -0.493 e. The molecule has 152 valence electrons. The van der Waals surface area contributed by atoms with Crippen molar-refractivity contribution in [3.63, 3.8) is 0 Å². The van der Waals surface area contributed by atoms with E-state index >= 15 is 0 Å². The number of aromatic nitrogens is 1. The number of amides is 1. The molecule has 2 aromatic rings. The van der Waals surface area contributed by atoms with E-state index in [1.807, 2.05) is 28.5 Å². The highest BCUT2D eigenvalue weighted by atomic mass is 32.1. The second-order valence-electron chi connectivity index (χ2n) is 7.47. The van der Waals surface area contributed by atoms with Gasteiger partial charge in [-0.2, -0.15) is 0 Å². The first kappa shape index (κ1) is 20.6. The molecular weight excluding hydrogens is 374 g/mol. The van der Waals surface area contributed by atoms with E-state index in [1.165, 1.54) is 0 Å². The van der Waals surface area contributed by atoms with Crippen LogP contribution in [0.15, 0.2) is 23.6 Å². The fourth-order valence-electron chi connectivity index (χ4n) is 3.45. The van der Waals surface area contributed by atoms with Crippen LogP contribution in [0.2, 0.25) is 0 Å². The zero-order valence-corrected chi connectivity index (χ0v) is 17.9. The Hall–Kier alpha value is -2.12. The van der Waals surface area contributed by atoms with Crippen LogP contribution in [-0.2, 0) is 11.2 Å². The molecule has 1 aliphatic rings. The molecule has 1 saturated heterocycles. The first-order valence-corrected chi connectivity index (χ1v) is 10.5. The quantitative estimate of drug-likeness (QED) is 0.711. The summed E-state index contributed by atoms with van der Waals surface area (Å²) in [6.07, 6.45) is 0.355. The lowest BCUT2D eigenvalue weighted by Gasteiger charge is -2.35. The molecule has 7 heteroatoms. The van der Waals surface area contributed by atoms with E-state index in [2.05, 4.69) is 23.7 Å². The second-order valence-corrected chi connectivity index (χ2v) is 8.32. The Bertz CT molecular complexity index is 798. The molecule has 3 rings (SSSR count). The summed E-state index contributed by atoms with van der Waals surface area (Å²) in [5.41, 5.74) is 1.79. The number of ether oxygens (including phenoxy) is 2. The average molecular weight is 404 g/mol. The minimum absolute atomic E-state index is 0.161. The number of benzene rings is 1. The monoisotopic (exact) mass is 403 g/mol. The van der Waals surface area contributed by atoms with Crippen LogP contribution in [0.4, 0.5) is 0 Å². The Kier molecular flexibility index (Phi) is 6.91. The lowest BCUT2D eigenvalue weighted by atomic mass is 10.2. The highest BCUT2D eigenvalue weighted by Crippen LogP contribution is 2.33. The van der Waals surface area contributed by atoms with Gasteiger partial charge < -0.3 is 14.4 Å². The van der Waals surface area contributed by atoms with Gasteiger partial charge >= 0.3 is 0 Å². The van der Waals surface area contributed by atoms with Crippen LogP contribution in [0, 0.1) is 5.92 Å². The zero-order chi connectivity index (χ0) is 20.1. The zero-order valence-electron chi connectivity index (χ0n) is 17.1. The molecule has 1 aromatic heterocycles. The Morgan fingerprint density at radius 1 is 1.14 bits per heavy atom. The highest BCUT2D eigenvalue weighted by Gasteiger charge is 2.22. The van der Waals surface area contributed by atoms with Gasteiger partial charge in [-0.1, -0.05) is 13.8 Å². The van der Waals surface area contributed by atoms with Crippen LogP contribution in [0.1, 0.15) is 19.5 Å². The van der Waals surface area contributed by atoms with Gasteiger partial charge in [0, 0.05) is 43.7 Å². The molecule has 2 heterocycles. The third kappa shape index (κ3) is 5.02. The number of carbonyl (C=O) groups is 1. The van der Waals surface area contributed by atoms with Crippen LogP contribution in [0.5, 0.6) is 11.5 Å². The van der Waals surface area contributed by atoms with Gasteiger partial charge in [-0.25, -0.2) is 4.98 Å². The maximum absolute atomic E-state index is 12.7. The van der Waals surface area contributed by atoms with E-state index in [4.69, 9.17) is 9.47 Å². The molecule has 0 aliphatic carbocycles. The number of nitrogens with zero attached hydrogens (tertiary/aromatic N) is 3. The Morgan fingerprint density at radius 3 is 2.50 bits per heavy atom. The molecule has 1 amide bonds. The summed E-state index contributed by atoms with van der Waals surface area (Å²) < 4.78 is 10.7. The third-order valence-electron chi connectivity index (χ3n) is 4.86. The molecule has 0 spiro atoms. The van der Waals surface area contributed by atoms with Gasteiger partial charge in [-0.3, -0.25) is 9.69 Å². The van der Waals surface area contributed by atoms with Crippen molar-refractivity contribution in [1.29, 1.82) is 0 Å². The lowest BCUT2D eigenvalue weighted by molar-refractivity contribution is -0.132. The molecule has 1 aliphatic heterocycles. The van der Waals surface area contributed by atoms with E-state index < -0.39 is 0 Å². The standard InChI is InChI=1S/C21H29N3O3S/c1-15(2)13-23-7-9-24(10-8-23)20(25)12-17-14-28-21(22-17)16-5-6-18(26-3)19(11-16)27-4/h5-6,11,14-15H,7-10,12-13H2,1-4H3. The number of thiazole rings is 1. The first-order valence-electron chi connectivity index (χ1n) is 9.67. The van der Waals surface area contributed by atoms with Crippen LogP contribution >= 0.6 is 11.3 Å². The maximum Gasteiger partial charge on any atom is 0.228 e. The minimum atomic E-state index is 0.161. The van der Waals surface area contributed by atoms with Gasteiger partial charge in [-0.05, 0) is 24.1 Å². The molecule has 28 heavy (non-hydrogen) atoms. The molecule has 0 bridgehead atoms. The van der Waals surface area contributed by atoms with Crippen LogP contribution < -0.4 is 9.47 Å². The van der Waals surface area contributed by atoms with Gasteiger partial charge in [0.15, 0.2) is 11.5 Å². The highest BCUT2D eigenvalue weighted by molar-refractivity contribution is 7.13. The normalized spacial score (nSPS) is 15.1. The van der Waals surface area contributed by atoms with Gasteiger partial charge in [0.1, 0.15) is 5.01 Å². The van der Waals surface area contributed by atoms with Crippen molar-refractivity contribution in [3.8, 4) is 22.1 Å². The summed E-state index contributed by atoms with van der Waals surface area (Å²) in [7, 11) is 3.24. The van der Waals surface area contributed by atoms with Crippen molar-refractivity contribution >= 4 is 17.2 Å². The fourth-order valence-corrected chi connectivity index (χ4v) is 4.27. The van der Waals surface area contributed by atoms with Gasteiger partial charge in [0.25, 0.3) is 0 Å². The van der Waals surface area contributed by atoms with E-state index in [0.717, 1.165) is 49.0 Å². The summed E-state index contributed by atoms with van der Waals surface area (Å²) in [6.45, 7) is 9.08. The molecule has 0 unspecified atom stereocenters. The number of methoxy groups -OCH3 is 2. The number of hydrogen-bond acceptors (Lipinski definition) is 6. The van der Waals surface area contributed by atoms with Crippen molar-refractivity contribution in [2.24, 2.45) is 5.92 Å². The summed E-state index contributed by atoms with van der Waals surface area (Å²) >= 11 is 1.54. The van der Waals surface area contributed by atoms with Crippen molar-refractivity contribution in [3.05, 3.63) is 29.3 Å². The Morgan fingerprint density at radius 2 is 1.86 bits per heavy atom. The lowest BCUT2D eigenvalue weighted by Crippen LogP contribution is -2.49. The summed E-state index contributed by atoms with van der Waals surface area (Å²) in [6, 6.07) is 5.74. The number of hydrogen-bond donors (Lipinski definition) is 0. The van der Waals surface area contributed by atoms with Gasteiger partial charge in [0.05, 0.1) is 26.3 Å². The van der Waals surface area contributed by atoms with E-state index in [9.17, 15) is 4.79 Å². The van der Waals surface area contributed by atoms with Crippen LogP contribution in [0.3, 0.4) is 0 Å². The van der Waals surface area contributed by atoms with Crippen molar-refractivity contribution < 1.29 is 14.3 Å². The van der Waals surface area contributed by atoms with Crippen molar-refractivity contribution in [1.82, 2.24) is 14.8 Å². The molecule has 1 aromatic carbocycles. The molecule has 6 nitrogen and oxygen atoms in total. The fraction of sp³-hybridized carbons (Fsp3) is 0.524. The first-order chi connectivity index (χ1) is 13.5. The second kappa shape index (κ2) is 9.39. The topological polar surface area (TPSA) is 54.9 Å². The molecule has 0 saturated carbocycles. The predicted octanol–water partition coefficient (Wildman–Crippen LogP) is 3.17. The van der Waals surface area contributed by atoms with E-state index in [-0.39, 0.29) is 5.91 Å². The Balaban J connectivity index is 1.60. The summed E-state index contributed by atoms with van der Waals surface area (Å²) in [4.78, 5) is 21.7. The molecule has 0 atom stereocenters. The van der Waals surface area contributed by atoms with Gasteiger partial charge in [0.2, 0.25) is 5.91 Å².